The van der Waals surface area contributed by atoms with Crippen LogP contribution in [0.1, 0.15) is 37.7 Å². The van der Waals surface area contributed by atoms with Gasteiger partial charge in [0.15, 0.2) is 0 Å². The van der Waals surface area contributed by atoms with Gasteiger partial charge in [0.05, 0.1) is 12.2 Å². The van der Waals surface area contributed by atoms with Crippen molar-refractivity contribution >= 4 is 0 Å². The zero-order chi connectivity index (χ0) is 14.5. The van der Waals surface area contributed by atoms with Gasteiger partial charge in [-0.05, 0) is 38.2 Å². The molecule has 1 aromatic rings. The fourth-order valence-corrected chi connectivity index (χ4v) is 4.86. The normalized spacial score (nSPS) is 41.4. The van der Waals surface area contributed by atoms with Crippen LogP contribution in [0.15, 0.2) is 24.3 Å². The van der Waals surface area contributed by atoms with Crippen molar-refractivity contribution < 1.29 is 9.84 Å². The molecule has 3 aliphatic heterocycles. The molecule has 21 heavy (non-hydrogen) atoms. The highest BCUT2D eigenvalue weighted by molar-refractivity contribution is 5.44. The van der Waals surface area contributed by atoms with Gasteiger partial charge in [0.25, 0.3) is 0 Å². The molecule has 2 fully saturated rings. The third kappa shape index (κ3) is 1.86. The Kier molecular flexibility index (Phi) is 3.03. The summed E-state index contributed by atoms with van der Waals surface area (Å²) < 4.78 is 5.80. The third-order valence-corrected chi connectivity index (χ3v) is 5.93. The van der Waals surface area contributed by atoms with Crippen LogP contribution in [0, 0.1) is 0 Å². The van der Waals surface area contributed by atoms with Crippen molar-refractivity contribution in [2.45, 2.75) is 55.2 Å². The predicted octanol–water partition coefficient (Wildman–Crippen LogP) is 1.31. The summed E-state index contributed by atoms with van der Waals surface area (Å²) in [6.07, 6.45) is 4.75. The van der Waals surface area contributed by atoms with Crippen molar-refractivity contribution in [3.8, 4) is 5.75 Å². The van der Waals surface area contributed by atoms with Crippen molar-refractivity contribution in [3.63, 3.8) is 0 Å². The van der Waals surface area contributed by atoms with Crippen molar-refractivity contribution in [3.05, 3.63) is 29.8 Å². The molecule has 4 rings (SSSR count). The van der Waals surface area contributed by atoms with E-state index in [9.17, 15) is 5.11 Å². The van der Waals surface area contributed by atoms with Gasteiger partial charge >= 0.3 is 0 Å². The first kappa shape index (κ1) is 13.6. The van der Waals surface area contributed by atoms with E-state index in [0.717, 1.165) is 30.6 Å². The molecular formula is C17H24N2O2. The van der Waals surface area contributed by atoms with Gasteiger partial charge in [-0.2, -0.15) is 0 Å². The van der Waals surface area contributed by atoms with Crippen LogP contribution in [0.3, 0.4) is 0 Å². The molecule has 114 valence electrons. The number of benzene rings is 1. The minimum Gasteiger partial charge on any atom is -0.493 e. The van der Waals surface area contributed by atoms with Crippen molar-refractivity contribution in [1.82, 2.24) is 5.32 Å². The second-order valence-corrected chi connectivity index (χ2v) is 6.96. The lowest BCUT2D eigenvalue weighted by molar-refractivity contribution is -0.0857. The van der Waals surface area contributed by atoms with E-state index in [1.807, 2.05) is 18.2 Å². The highest BCUT2D eigenvalue weighted by Gasteiger charge is 2.57. The summed E-state index contributed by atoms with van der Waals surface area (Å²) in [7, 11) is 0. The Balaban J connectivity index is 1.81. The number of hydrogen-bond acceptors (Lipinski definition) is 4. The monoisotopic (exact) mass is 288 g/mol. The van der Waals surface area contributed by atoms with Crippen LogP contribution < -0.4 is 15.8 Å². The maximum atomic E-state index is 11.6. The maximum Gasteiger partial charge on any atom is 0.123 e. The van der Waals surface area contributed by atoms with Gasteiger partial charge in [-0.15, -0.1) is 0 Å². The van der Waals surface area contributed by atoms with Crippen molar-refractivity contribution in [2.24, 2.45) is 5.73 Å². The Bertz CT molecular complexity index is 535. The molecular weight excluding hydrogens is 264 g/mol. The molecule has 0 amide bonds. The number of para-hydroxylation sites is 1. The largest absolute Gasteiger partial charge is 0.493 e. The molecule has 4 N–H and O–H groups in total. The molecule has 4 heteroatoms. The Morgan fingerprint density at radius 2 is 1.95 bits per heavy atom. The summed E-state index contributed by atoms with van der Waals surface area (Å²) in [5.41, 5.74) is 6.25. The standard InChI is InChI=1S/C17H24N2O2/c18-11-16(7-8-21-15-4-2-1-3-14(15)16)17(20)9-12-5-6-13(10-17)19-12/h1-4,12-13,19-20H,5-11,18H2. The predicted molar refractivity (Wildman–Crippen MR) is 81.4 cm³/mol. The number of aliphatic hydroxyl groups is 1. The van der Waals surface area contributed by atoms with Crippen LogP contribution in [-0.2, 0) is 5.41 Å². The van der Waals surface area contributed by atoms with Crippen LogP contribution in [0.5, 0.6) is 5.75 Å². The van der Waals surface area contributed by atoms with Gasteiger partial charge in [-0.1, -0.05) is 18.2 Å². The van der Waals surface area contributed by atoms with E-state index < -0.39 is 5.60 Å². The topological polar surface area (TPSA) is 67.5 Å². The van der Waals surface area contributed by atoms with E-state index in [1.54, 1.807) is 0 Å². The molecule has 0 aromatic heterocycles. The van der Waals surface area contributed by atoms with Gasteiger partial charge in [-0.3, -0.25) is 0 Å². The number of nitrogens with two attached hydrogens (primary N) is 1. The minimum atomic E-state index is -0.723. The lowest BCUT2D eigenvalue weighted by Gasteiger charge is -2.53. The number of fused-ring (bicyclic) bond motifs is 3. The van der Waals surface area contributed by atoms with Gasteiger partial charge in [0.1, 0.15) is 5.75 Å². The fourth-order valence-electron chi connectivity index (χ4n) is 4.86. The maximum absolute atomic E-state index is 11.6. The highest BCUT2D eigenvalue weighted by Crippen LogP contribution is 2.51. The lowest BCUT2D eigenvalue weighted by atomic mass is 9.60. The number of nitrogens with one attached hydrogen (secondary N) is 1. The molecule has 0 spiro atoms. The second kappa shape index (κ2) is 4.70. The molecule has 3 unspecified atom stereocenters. The average molecular weight is 288 g/mol. The summed E-state index contributed by atoms with van der Waals surface area (Å²) in [5, 5.41) is 15.2. The van der Waals surface area contributed by atoms with E-state index in [4.69, 9.17) is 10.5 Å². The second-order valence-electron chi connectivity index (χ2n) is 6.96. The van der Waals surface area contributed by atoms with E-state index in [0.29, 0.717) is 25.2 Å². The summed E-state index contributed by atoms with van der Waals surface area (Å²) in [6, 6.07) is 8.97. The average Bonchev–Trinajstić information content (AvgIpc) is 2.85. The Morgan fingerprint density at radius 1 is 1.24 bits per heavy atom. The molecule has 0 radical (unpaired) electrons. The quantitative estimate of drug-likeness (QED) is 0.767. The van der Waals surface area contributed by atoms with E-state index >= 15 is 0 Å². The number of ether oxygens (including phenoxy) is 1. The highest BCUT2D eigenvalue weighted by atomic mass is 16.5. The molecule has 2 bridgehead atoms. The first-order valence-electron chi connectivity index (χ1n) is 8.08. The Labute approximate surface area is 125 Å². The van der Waals surface area contributed by atoms with Crippen LogP contribution in [0.25, 0.3) is 0 Å². The van der Waals surface area contributed by atoms with E-state index in [2.05, 4.69) is 11.4 Å². The number of hydrogen-bond donors (Lipinski definition) is 3. The molecule has 3 heterocycles. The van der Waals surface area contributed by atoms with Gasteiger partial charge in [-0.25, -0.2) is 0 Å². The summed E-state index contributed by atoms with van der Waals surface area (Å²) in [6.45, 7) is 1.11. The van der Waals surface area contributed by atoms with E-state index in [1.165, 1.54) is 12.8 Å². The smallest absolute Gasteiger partial charge is 0.123 e. The molecule has 0 aliphatic carbocycles. The number of rotatable bonds is 2. The van der Waals surface area contributed by atoms with E-state index in [-0.39, 0.29) is 5.41 Å². The van der Waals surface area contributed by atoms with Crippen LogP contribution >= 0.6 is 0 Å². The van der Waals surface area contributed by atoms with Gasteiger partial charge in [0.2, 0.25) is 0 Å². The molecule has 4 nitrogen and oxygen atoms in total. The molecule has 2 saturated heterocycles. The molecule has 3 atom stereocenters. The van der Waals surface area contributed by atoms with Crippen LogP contribution in [0.2, 0.25) is 0 Å². The van der Waals surface area contributed by atoms with Crippen LogP contribution in [-0.4, -0.2) is 35.9 Å². The number of piperidine rings is 1. The van der Waals surface area contributed by atoms with Crippen molar-refractivity contribution in [1.29, 1.82) is 0 Å². The molecule has 0 saturated carbocycles. The minimum absolute atomic E-state index is 0.370. The van der Waals surface area contributed by atoms with Crippen molar-refractivity contribution in [2.75, 3.05) is 13.2 Å². The first-order chi connectivity index (χ1) is 10.2. The zero-order valence-corrected chi connectivity index (χ0v) is 12.3. The zero-order valence-electron chi connectivity index (χ0n) is 12.3. The third-order valence-electron chi connectivity index (χ3n) is 5.93. The Morgan fingerprint density at radius 3 is 2.67 bits per heavy atom. The summed E-state index contributed by atoms with van der Waals surface area (Å²) >= 11 is 0. The molecule has 3 aliphatic rings. The summed E-state index contributed by atoms with van der Waals surface area (Å²) in [5.74, 6) is 0.897. The van der Waals surface area contributed by atoms with Gasteiger partial charge < -0.3 is 20.9 Å². The summed E-state index contributed by atoms with van der Waals surface area (Å²) in [4.78, 5) is 0. The SMILES string of the molecule is NCC1(C2(O)CC3CCC(C2)N3)CCOc2ccccc21. The lowest BCUT2D eigenvalue weighted by Crippen LogP contribution is -2.63. The first-order valence-corrected chi connectivity index (χ1v) is 8.08. The van der Waals surface area contributed by atoms with Gasteiger partial charge in [0, 0.05) is 29.6 Å². The molecule has 1 aromatic carbocycles. The Hall–Kier alpha value is -1.10. The van der Waals surface area contributed by atoms with Crippen LogP contribution in [0.4, 0.5) is 0 Å². The fraction of sp³-hybridized carbons (Fsp3) is 0.647.